The predicted molar refractivity (Wildman–Crippen MR) is 150 cm³/mol. The number of carboxylic acids is 1. The van der Waals surface area contributed by atoms with Gasteiger partial charge in [0.05, 0.1) is 46.3 Å². The molecular formula is C30H45N4O6+. The Morgan fingerprint density at radius 2 is 1.90 bits per heavy atom. The van der Waals surface area contributed by atoms with Crippen LogP contribution in [0.1, 0.15) is 55.7 Å². The van der Waals surface area contributed by atoms with Crippen LogP contribution in [0.4, 0.5) is 0 Å². The number of rotatable bonds is 14. The van der Waals surface area contributed by atoms with Crippen molar-refractivity contribution in [2.24, 2.45) is 5.92 Å². The average Bonchev–Trinajstić information content (AvgIpc) is 3.61. The number of amides is 1. The van der Waals surface area contributed by atoms with E-state index in [0.717, 1.165) is 41.6 Å². The standard InChI is InChI=1S/C30H44N4O6/c1-6-7-13-32(14-8-15-34(3,4)5)28(35)19-33-18-23(22-9-11-25-26(16-22)39-20-38-25)29(30(36)37)24(33)10-12-27-31-17-21(2)40-27/h9,11,16-17,23-24,29H,6-8,10,12-15,18-20H2,1-5H3/p+1/t23-,24+,29-/m1/s1. The molecule has 40 heavy (non-hydrogen) atoms. The zero-order valence-corrected chi connectivity index (χ0v) is 24.6. The summed E-state index contributed by atoms with van der Waals surface area (Å²) in [6.45, 7) is 7.19. The van der Waals surface area contributed by atoms with Gasteiger partial charge in [0.1, 0.15) is 5.76 Å². The minimum atomic E-state index is -0.864. The molecule has 0 bridgehead atoms. The van der Waals surface area contributed by atoms with Gasteiger partial charge in [0.2, 0.25) is 12.7 Å². The van der Waals surface area contributed by atoms with Crippen molar-refractivity contribution in [3.63, 3.8) is 0 Å². The van der Waals surface area contributed by atoms with E-state index in [4.69, 9.17) is 13.9 Å². The summed E-state index contributed by atoms with van der Waals surface area (Å²) in [6, 6.07) is 5.31. The molecule has 1 fully saturated rings. The summed E-state index contributed by atoms with van der Waals surface area (Å²) in [7, 11) is 6.47. The first kappa shape index (κ1) is 29.9. The molecule has 1 amide bonds. The molecule has 4 rings (SSSR count). The van der Waals surface area contributed by atoms with Crippen LogP contribution < -0.4 is 9.47 Å². The number of likely N-dealkylation sites (tertiary alicyclic amines) is 1. The zero-order valence-electron chi connectivity index (χ0n) is 24.6. The molecule has 0 radical (unpaired) electrons. The van der Waals surface area contributed by atoms with Crippen molar-refractivity contribution in [3.8, 4) is 11.5 Å². The number of oxazole rings is 1. The SMILES string of the molecule is CCCCN(CCC[N+](C)(C)C)C(=O)CN1C[C@H](c2ccc3c(c2)OCO3)[C@@H](C(=O)O)[C@@H]1CCc1ncc(C)o1. The van der Waals surface area contributed by atoms with Gasteiger partial charge >= 0.3 is 5.97 Å². The predicted octanol–water partition coefficient (Wildman–Crippen LogP) is 3.54. The number of unbranched alkanes of at least 4 members (excludes halogenated alkanes) is 1. The molecule has 1 N–H and O–H groups in total. The largest absolute Gasteiger partial charge is 0.481 e. The lowest BCUT2D eigenvalue weighted by Gasteiger charge is -2.30. The fourth-order valence-electron chi connectivity index (χ4n) is 5.84. The Morgan fingerprint density at radius 3 is 2.58 bits per heavy atom. The molecular weight excluding hydrogens is 512 g/mol. The minimum Gasteiger partial charge on any atom is -0.481 e. The molecule has 0 unspecified atom stereocenters. The van der Waals surface area contributed by atoms with Crippen LogP contribution in [0.5, 0.6) is 11.5 Å². The summed E-state index contributed by atoms with van der Waals surface area (Å²) in [5.74, 6) is 0.818. The smallest absolute Gasteiger partial charge is 0.308 e. The molecule has 220 valence electrons. The minimum absolute atomic E-state index is 0.0577. The Hall–Kier alpha value is -3.11. The van der Waals surface area contributed by atoms with Gasteiger partial charge in [-0.15, -0.1) is 0 Å². The highest BCUT2D eigenvalue weighted by molar-refractivity contribution is 5.79. The van der Waals surface area contributed by atoms with Gasteiger partial charge in [0, 0.05) is 44.4 Å². The fraction of sp³-hybridized carbons (Fsp3) is 0.633. The summed E-state index contributed by atoms with van der Waals surface area (Å²) in [5.41, 5.74) is 0.884. The maximum absolute atomic E-state index is 13.7. The summed E-state index contributed by atoms with van der Waals surface area (Å²) >= 11 is 0. The normalized spacial score (nSPS) is 20.7. The van der Waals surface area contributed by atoms with Gasteiger partial charge in [0.15, 0.2) is 17.4 Å². The number of ether oxygens (including phenoxy) is 2. The number of aryl methyl sites for hydroxylation is 2. The molecule has 0 aliphatic carbocycles. The lowest BCUT2D eigenvalue weighted by Crippen LogP contribution is -2.45. The summed E-state index contributed by atoms with van der Waals surface area (Å²) in [5, 5.41) is 10.5. The topological polar surface area (TPSA) is 105 Å². The molecule has 2 aromatic rings. The van der Waals surface area contributed by atoms with Gasteiger partial charge in [-0.05, 0) is 37.5 Å². The van der Waals surface area contributed by atoms with Crippen LogP contribution >= 0.6 is 0 Å². The van der Waals surface area contributed by atoms with Gasteiger partial charge in [-0.3, -0.25) is 14.5 Å². The highest BCUT2D eigenvalue weighted by Gasteiger charge is 2.47. The summed E-state index contributed by atoms with van der Waals surface area (Å²) < 4.78 is 17.6. The van der Waals surface area contributed by atoms with Crippen molar-refractivity contribution in [1.29, 1.82) is 0 Å². The Bertz CT molecular complexity index is 1160. The van der Waals surface area contributed by atoms with Crippen molar-refractivity contribution < 1.29 is 33.1 Å². The Morgan fingerprint density at radius 1 is 1.15 bits per heavy atom. The van der Waals surface area contributed by atoms with E-state index in [1.807, 2.05) is 30.0 Å². The molecule has 1 aromatic carbocycles. The monoisotopic (exact) mass is 557 g/mol. The lowest BCUT2D eigenvalue weighted by molar-refractivity contribution is -0.870. The van der Waals surface area contributed by atoms with Crippen molar-refractivity contribution in [1.82, 2.24) is 14.8 Å². The van der Waals surface area contributed by atoms with E-state index in [9.17, 15) is 14.7 Å². The van der Waals surface area contributed by atoms with Crippen molar-refractivity contribution >= 4 is 11.9 Å². The third-order valence-electron chi connectivity index (χ3n) is 7.91. The number of carbonyl (C=O) groups is 2. The number of aliphatic carboxylic acids is 1. The second-order valence-corrected chi connectivity index (χ2v) is 12.1. The zero-order chi connectivity index (χ0) is 28.9. The van der Waals surface area contributed by atoms with E-state index >= 15 is 0 Å². The molecule has 0 saturated carbocycles. The van der Waals surface area contributed by atoms with Crippen LogP contribution in [-0.4, -0.2) is 103 Å². The van der Waals surface area contributed by atoms with Gasteiger partial charge < -0.3 is 28.4 Å². The number of aromatic nitrogens is 1. The summed E-state index contributed by atoms with van der Waals surface area (Å²) in [4.78, 5) is 34.9. The van der Waals surface area contributed by atoms with Gasteiger partial charge in [-0.25, -0.2) is 4.98 Å². The van der Waals surface area contributed by atoms with Crippen LogP contribution in [0, 0.1) is 12.8 Å². The molecule has 10 nitrogen and oxygen atoms in total. The number of carbonyl (C=O) groups excluding carboxylic acids is 1. The molecule has 0 spiro atoms. The van der Waals surface area contributed by atoms with Crippen LogP contribution in [0.3, 0.4) is 0 Å². The number of fused-ring (bicyclic) bond motifs is 1. The number of carboxylic acid groups (broad SMARTS) is 1. The summed E-state index contributed by atoms with van der Waals surface area (Å²) in [6.07, 6.45) is 5.58. The van der Waals surface area contributed by atoms with E-state index in [2.05, 4.69) is 38.0 Å². The van der Waals surface area contributed by atoms with Gasteiger partial charge in [-0.1, -0.05) is 19.4 Å². The number of hydrogen-bond donors (Lipinski definition) is 1. The molecule has 1 aromatic heterocycles. The third kappa shape index (κ3) is 7.54. The van der Waals surface area contributed by atoms with Crippen LogP contribution in [0.2, 0.25) is 0 Å². The van der Waals surface area contributed by atoms with Crippen molar-refractivity contribution in [2.75, 3.05) is 60.7 Å². The molecule has 1 saturated heterocycles. The van der Waals surface area contributed by atoms with Gasteiger partial charge in [-0.2, -0.15) is 0 Å². The number of hydrogen-bond acceptors (Lipinski definition) is 7. The third-order valence-corrected chi connectivity index (χ3v) is 7.91. The second kappa shape index (κ2) is 13.0. The van der Waals surface area contributed by atoms with E-state index < -0.39 is 11.9 Å². The van der Waals surface area contributed by atoms with E-state index in [0.29, 0.717) is 49.9 Å². The first-order chi connectivity index (χ1) is 19.1. The number of nitrogens with zero attached hydrogens (tertiary/aromatic N) is 4. The fourth-order valence-corrected chi connectivity index (χ4v) is 5.84. The number of quaternary nitrogens is 1. The maximum Gasteiger partial charge on any atom is 0.308 e. The maximum atomic E-state index is 13.7. The van der Waals surface area contributed by atoms with Crippen molar-refractivity contribution in [3.05, 3.63) is 41.6 Å². The Balaban J connectivity index is 1.56. The van der Waals surface area contributed by atoms with Crippen LogP contribution in [0.15, 0.2) is 28.8 Å². The first-order valence-electron chi connectivity index (χ1n) is 14.4. The number of benzene rings is 1. The Kier molecular flexibility index (Phi) is 9.73. The molecule has 10 heteroatoms. The first-order valence-corrected chi connectivity index (χ1v) is 14.4. The van der Waals surface area contributed by atoms with E-state index in [1.165, 1.54) is 0 Å². The Labute approximate surface area is 237 Å². The van der Waals surface area contributed by atoms with Crippen LogP contribution in [0.25, 0.3) is 0 Å². The van der Waals surface area contributed by atoms with E-state index in [1.54, 1.807) is 6.20 Å². The molecule has 3 heterocycles. The van der Waals surface area contributed by atoms with Gasteiger partial charge in [0.25, 0.3) is 0 Å². The quantitative estimate of drug-likeness (QED) is 0.352. The average molecular weight is 558 g/mol. The van der Waals surface area contributed by atoms with Crippen LogP contribution in [-0.2, 0) is 16.0 Å². The molecule has 2 aliphatic rings. The molecule has 3 atom stereocenters. The highest BCUT2D eigenvalue weighted by Crippen LogP contribution is 2.43. The highest BCUT2D eigenvalue weighted by atomic mass is 16.7. The lowest BCUT2D eigenvalue weighted by atomic mass is 9.83. The second-order valence-electron chi connectivity index (χ2n) is 12.1. The van der Waals surface area contributed by atoms with Crippen molar-refractivity contribution in [2.45, 2.75) is 57.9 Å². The van der Waals surface area contributed by atoms with E-state index in [-0.39, 0.29) is 31.2 Å². The molecule has 2 aliphatic heterocycles.